The van der Waals surface area contributed by atoms with Crippen molar-refractivity contribution in [2.24, 2.45) is 0 Å². The highest BCUT2D eigenvalue weighted by Crippen LogP contribution is 2.38. The quantitative estimate of drug-likeness (QED) is 0.858. The van der Waals surface area contributed by atoms with Crippen molar-refractivity contribution in [3.05, 3.63) is 23.3 Å². The number of amides is 1. The first kappa shape index (κ1) is 16.7. The van der Waals surface area contributed by atoms with Crippen molar-refractivity contribution >= 4 is 5.91 Å². The summed E-state index contributed by atoms with van der Waals surface area (Å²) in [5, 5.41) is 0. The van der Waals surface area contributed by atoms with Gasteiger partial charge in [-0.05, 0) is 32.8 Å². The van der Waals surface area contributed by atoms with Gasteiger partial charge in [0, 0.05) is 19.3 Å². The first-order chi connectivity index (χ1) is 10.2. The van der Waals surface area contributed by atoms with Crippen LogP contribution in [0.3, 0.4) is 0 Å². The molecule has 0 aromatic carbocycles. The molecule has 1 aromatic heterocycles. The summed E-state index contributed by atoms with van der Waals surface area (Å²) in [6.07, 6.45) is -3.34. The van der Waals surface area contributed by atoms with Crippen molar-refractivity contribution in [1.29, 1.82) is 0 Å². The fraction of sp³-hybridized carbons (Fsp3) is 0.643. The second-order valence-corrected chi connectivity index (χ2v) is 5.57. The van der Waals surface area contributed by atoms with Crippen LogP contribution in [0, 0.1) is 6.92 Å². The smallest absolute Gasteiger partial charge is 0.375 e. The van der Waals surface area contributed by atoms with Crippen molar-refractivity contribution in [1.82, 2.24) is 14.9 Å². The monoisotopic (exact) mass is 317 g/mol. The third-order valence-corrected chi connectivity index (χ3v) is 3.84. The summed E-state index contributed by atoms with van der Waals surface area (Å²) in [7, 11) is 1.40. The minimum Gasteiger partial charge on any atom is -0.375 e. The van der Waals surface area contributed by atoms with Gasteiger partial charge in [-0.3, -0.25) is 4.79 Å². The highest BCUT2D eigenvalue weighted by molar-refractivity contribution is 5.78. The number of alkyl halides is 3. The van der Waals surface area contributed by atoms with E-state index in [1.807, 2.05) is 0 Å². The highest BCUT2D eigenvalue weighted by atomic mass is 19.4. The van der Waals surface area contributed by atoms with Gasteiger partial charge in [-0.25, -0.2) is 9.97 Å². The van der Waals surface area contributed by atoms with E-state index in [1.54, 1.807) is 6.92 Å². The van der Waals surface area contributed by atoms with E-state index < -0.39 is 17.4 Å². The van der Waals surface area contributed by atoms with Crippen LogP contribution >= 0.6 is 0 Å². The van der Waals surface area contributed by atoms with Gasteiger partial charge in [0.1, 0.15) is 12.3 Å². The van der Waals surface area contributed by atoms with Gasteiger partial charge in [-0.15, -0.1) is 0 Å². The molecule has 5 nitrogen and oxygen atoms in total. The third kappa shape index (κ3) is 3.06. The Kier molecular flexibility index (Phi) is 4.42. The molecule has 2 rings (SSSR count). The summed E-state index contributed by atoms with van der Waals surface area (Å²) >= 11 is 0. The zero-order chi connectivity index (χ0) is 16.5. The molecule has 0 saturated carbocycles. The van der Waals surface area contributed by atoms with Gasteiger partial charge in [0.15, 0.2) is 5.82 Å². The van der Waals surface area contributed by atoms with Gasteiger partial charge in [0.05, 0.1) is 5.54 Å². The zero-order valence-corrected chi connectivity index (χ0v) is 12.7. The van der Waals surface area contributed by atoms with Gasteiger partial charge in [-0.1, -0.05) is 0 Å². The lowest BCUT2D eigenvalue weighted by atomic mass is 9.97. The summed E-state index contributed by atoms with van der Waals surface area (Å²) < 4.78 is 43.7. The first-order valence-electron chi connectivity index (χ1n) is 6.91. The van der Waals surface area contributed by atoms with Crippen LogP contribution in [0.5, 0.6) is 0 Å². The molecule has 8 heteroatoms. The maximum atomic E-state index is 12.9. The van der Waals surface area contributed by atoms with Crippen molar-refractivity contribution < 1.29 is 22.7 Å². The first-order valence-corrected chi connectivity index (χ1v) is 6.91. The minimum absolute atomic E-state index is 0.0294. The van der Waals surface area contributed by atoms with Crippen LogP contribution in [0.15, 0.2) is 6.07 Å². The molecule has 0 radical (unpaired) electrons. The molecule has 1 aromatic rings. The summed E-state index contributed by atoms with van der Waals surface area (Å²) in [6.45, 7) is 3.52. The molecule has 0 spiro atoms. The summed E-state index contributed by atoms with van der Waals surface area (Å²) in [6, 6.07) is 0.906. The number of hydrogen-bond donors (Lipinski definition) is 0. The number of aromatic nitrogens is 2. The van der Waals surface area contributed by atoms with E-state index >= 15 is 0 Å². The molecule has 1 fully saturated rings. The Morgan fingerprint density at radius 1 is 1.45 bits per heavy atom. The number of nitrogens with zero attached hydrogens (tertiary/aromatic N) is 3. The Balaban J connectivity index is 2.44. The number of likely N-dealkylation sites (tertiary alicyclic amines) is 1. The number of hydrogen-bond acceptors (Lipinski definition) is 4. The Morgan fingerprint density at radius 3 is 2.73 bits per heavy atom. The van der Waals surface area contributed by atoms with E-state index in [4.69, 9.17) is 4.74 Å². The van der Waals surface area contributed by atoms with Crippen molar-refractivity contribution in [2.75, 3.05) is 20.3 Å². The molecule has 1 aliphatic heterocycles. The van der Waals surface area contributed by atoms with Crippen molar-refractivity contribution in [3.8, 4) is 0 Å². The normalized spacial score (nSPS) is 22.2. The molecular formula is C14H18F3N3O2. The fourth-order valence-electron chi connectivity index (χ4n) is 2.75. The molecule has 1 saturated heterocycles. The Morgan fingerprint density at radius 2 is 2.14 bits per heavy atom. The van der Waals surface area contributed by atoms with Gasteiger partial charge in [-0.2, -0.15) is 13.2 Å². The standard InChI is InChI=1S/C14H18F3N3O2/c1-9-7-10(14(15,16)17)19-12(18-9)13(2)5-4-6-20(13)11(21)8-22-3/h7H,4-6,8H2,1-3H3/t13-/m1/s1. The fourth-order valence-corrected chi connectivity index (χ4v) is 2.75. The van der Waals surface area contributed by atoms with Gasteiger partial charge >= 0.3 is 6.18 Å². The maximum absolute atomic E-state index is 12.9. The Bertz CT molecular complexity index is 577. The molecule has 1 atom stereocenters. The predicted octanol–water partition coefficient (Wildman–Crippen LogP) is 2.29. The minimum atomic E-state index is -4.54. The average Bonchev–Trinajstić information content (AvgIpc) is 2.81. The van der Waals surface area contributed by atoms with Crippen LogP contribution < -0.4 is 0 Å². The molecule has 1 amide bonds. The SMILES string of the molecule is COCC(=O)N1CCC[C@]1(C)c1nc(C)cc(C(F)(F)F)n1. The summed E-state index contributed by atoms with van der Waals surface area (Å²) in [5.74, 6) is -0.247. The van der Waals surface area contributed by atoms with Crippen LogP contribution in [0.1, 0.15) is 37.0 Å². The Hall–Kier alpha value is -1.70. The van der Waals surface area contributed by atoms with Gasteiger partial charge in [0.25, 0.3) is 0 Å². The van der Waals surface area contributed by atoms with Gasteiger partial charge < -0.3 is 9.64 Å². The van der Waals surface area contributed by atoms with Crippen LogP contribution in [0.25, 0.3) is 0 Å². The highest BCUT2D eigenvalue weighted by Gasteiger charge is 2.44. The van der Waals surface area contributed by atoms with E-state index in [1.165, 1.54) is 18.9 Å². The van der Waals surface area contributed by atoms with Crippen molar-refractivity contribution in [2.45, 2.75) is 38.4 Å². The lowest BCUT2D eigenvalue weighted by molar-refractivity contribution is -0.142. The van der Waals surface area contributed by atoms with Gasteiger partial charge in [0.2, 0.25) is 5.91 Å². The molecule has 0 aliphatic carbocycles. The van der Waals surface area contributed by atoms with Crippen molar-refractivity contribution in [3.63, 3.8) is 0 Å². The molecule has 122 valence electrons. The summed E-state index contributed by atoms with van der Waals surface area (Å²) in [4.78, 5) is 21.5. The van der Waals surface area contributed by atoms with E-state index in [0.717, 1.165) is 6.07 Å². The molecule has 0 bridgehead atoms. The van der Waals surface area contributed by atoms with Crippen LogP contribution in [0.4, 0.5) is 13.2 Å². The summed E-state index contributed by atoms with van der Waals surface area (Å²) in [5.41, 5.74) is -1.70. The second kappa shape index (κ2) is 5.83. The number of halogens is 3. The molecule has 2 heterocycles. The molecule has 1 aliphatic rings. The second-order valence-electron chi connectivity index (χ2n) is 5.57. The van der Waals surface area contributed by atoms with E-state index in [2.05, 4.69) is 9.97 Å². The largest absolute Gasteiger partial charge is 0.433 e. The number of carbonyl (C=O) groups is 1. The molecule has 0 unspecified atom stereocenters. The Labute approximate surface area is 126 Å². The average molecular weight is 317 g/mol. The number of methoxy groups -OCH3 is 1. The molecule has 22 heavy (non-hydrogen) atoms. The third-order valence-electron chi connectivity index (χ3n) is 3.84. The van der Waals surface area contributed by atoms with Crippen LogP contribution in [-0.4, -0.2) is 41.0 Å². The van der Waals surface area contributed by atoms with Crippen LogP contribution in [0.2, 0.25) is 0 Å². The number of aryl methyl sites for hydroxylation is 1. The maximum Gasteiger partial charge on any atom is 0.433 e. The lowest BCUT2D eigenvalue weighted by Gasteiger charge is -2.34. The number of carbonyl (C=O) groups excluding carboxylic acids is 1. The number of rotatable bonds is 3. The topological polar surface area (TPSA) is 55.3 Å². The van der Waals surface area contributed by atoms with E-state index in [0.29, 0.717) is 19.4 Å². The lowest BCUT2D eigenvalue weighted by Crippen LogP contribution is -2.45. The van der Waals surface area contributed by atoms with E-state index in [-0.39, 0.29) is 24.0 Å². The zero-order valence-electron chi connectivity index (χ0n) is 12.7. The van der Waals surface area contributed by atoms with E-state index in [9.17, 15) is 18.0 Å². The predicted molar refractivity (Wildman–Crippen MR) is 71.9 cm³/mol. The number of ether oxygens (including phenoxy) is 1. The van der Waals surface area contributed by atoms with Crippen LogP contribution in [-0.2, 0) is 21.2 Å². The molecular weight excluding hydrogens is 299 g/mol. The molecule has 0 N–H and O–H groups in total.